The van der Waals surface area contributed by atoms with Crippen molar-refractivity contribution in [2.45, 2.75) is 6.92 Å². The monoisotopic (exact) mass is 244 g/mol. The fourth-order valence-corrected chi connectivity index (χ4v) is 1.63. The molecule has 0 fully saturated rings. The largest absolute Gasteiger partial charge is 0.398 e. The van der Waals surface area contributed by atoms with Crippen LogP contribution in [-0.4, -0.2) is 14.2 Å². The molecule has 0 aromatic heterocycles. The van der Waals surface area contributed by atoms with Gasteiger partial charge in [0.25, 0.3) is 0 Å². The van der Waals surface area contributed by atoms with Crippen molar-refractivity contribution in [3.05, 3.63) is 22.2 Å². The molecule has 0 bridgehead atoms. The molecule has 1 aromatic carbocycles. The van der Waals surface area contributed by atoms with Gasteiger partial charge in [-0.1, -0.05) is 0 Å². The zero-order chi connectivity index (χ0) is 10.0. The fourth-order valence-electron chi connectivity index (χ4n) is 1.02. The van der Waals surface area contributed by atoms with Gasteiger partial charge in [0.2, 0.25) is 0 Å². The van der Waals surface area contributed by atoms with Crippen molar-refractivity contribution in [2.24, 2.45) is 0 Å². The van der Waals surface area contributed by atoms with Gasteiger partial charge in [-0.05, 0) is 40.5 Å². The van der Waals surface area contributed by atoms with Crippen molar-refractivity contribution in [1.82, 2.24) is 0 Å². The Labute approximate surface area is 86.6 Å². The predicted octanol–water partition coefficient (Wildman–Crippen LogP) is 2.34. The zero-order valence-electron chi connectivity index (χ0n) is 7.97. The minimum atomic E-state index is 0.778. The van der Waals surface area contributed by atoms with E-state index in [0.29, 0.717) is 0 Å². The van der Waals surface area contributed by atoms with E-state index < -0.39 is 0 Å². The minimum Gasteiger partial charge on any atom is -0.398 e. The van der Waals surface area contributed by atoms with Crippen LogP contribution in [0.15, 0.2) is 16.6 Å². The number of hydroxylamine groups is 1. The molecule has 0 spiro atoms. The molecule has 13 heavy (non-hydrogen) atoms. The van der Waals surface area contributed by atoms with Gasteiger partial charge < -0.3 is 5.73 Å². The summed E-state index contributed by atoms with van der Waals surface area (Å²) in [6.45, 7) is 1.97. The van der Waals surface area contributed by atoms with Gasteiger partial charge in [-0.3, -0.25) is 9.90 Å². The van der Waals surface area contributed by atoms with E-state index in [-0.39, 0.29) is 0 Å². The summed E-state index contributed by atoms with van der Waals surface area (Å²) in [4.78, 5) is 5.07. The summed E-state index contributed by atoms with van der Waals surface area (Å²) in [5.74, 6) is 0. The van der Waals surface area contributed by atoms with Gasteiger partial charge in [0.15, 0.2) is 0 Å². The van der Waals surface area contributed by atoms with Crippen molar-refractivity contribution in [3.63, 3.8) is 0 Å². The lowest BCUT2D eigenvalue weighted by Gasteiger charge is -2.18. The number of rotatable bonds is 2. The molecule has 0 unspecified atom stereocenters. The Morgan fingerprint density at radius 2 is 2.08 bits per heavy atom. The topological polar surface area (TPSA) is 38.5 Å². The number of aryl methyl sites for hydroxylation is 1. The number of hydrogen-bond donors (Lipinski definition) is 1. The van der Waals surface area contributed by atoms with Gasteiger partial charge in [0, 0.05) is 17.2 Å². The van der Waals surface area contributed by atoms with Crippen LogP contribution in [0.1, 0.15) is 5.56 Å². The van der Waals surface area contributed by atoms with E-state index in [1.54, 1.807) is 12.2 Å². The summed E-state index contributed by atoms with van der Waals surface area (Å²) in [7, 11) is 3.47. The Morgan fingerprint density at radius 3 is 2.62 bits per heavy atom. The highest BCUT2D eigenvalue weighted by atomic mass is 79.9. The lowest BCUT2D eigenvalue weighted by atomic mass is 10.2. The lowest BCUT2D eigenvalue weighted by molar-refractivity contribution is 0.184. The molecule has 0 aliphatic heterocycles. The minimum absolute atomic E-state index is 0.778. The molecule has 0 amide bonds. The highest BCUT2D eigenvalue weighted by Crippen LogP contribution is 2.29. The van der Waals surface area contributed by atoms with Gasteiger partial charge in [-0.2, -0.15) is 0 Å². The molecule has 0 heterocycles. The Hall–Kier alpha value is -0.740. The van der Waals surface area contributed by atoms with Crippen LogP contribution in [0.5, 0.6) is 0 Å². The van der Waals surface area contributed by atoms with E-state index in [0.717, 1.165) is 21.4 Å². The molecule has 0 atom stereocenters. The van der Waals surface area contributed by atoms with Crippen LogP contribution in [-0.2, 0) is 4.84 Å². The van der Waals surface area contributed by atoms with Crippen LogP contribution in [0.4, 0.5) is 11.4 Å². The molecule has 0 aliphatic rings. The van der Waals surface area contributed by atoms with Crippen LogP contribution in [0, 0.1) is 6.92 Å². The molecular formula is C9H13BrN2O. The van der Waals surface area contributed by atoms with Gasteiger partial charge in [0.1, 0.15) is 0 Å². The highest BCUT2D eigenvalue weighted by Gasteiger charge is 2.07. The Kier molecular flexibility index (Phi) is 3.17. The zero-order valence-corrected chi connectivity index (χ0v) is 9.55. The van der Waals surface area contributed by atoms with Crippen LogP contribution in [0.3, 0.4) is 0 Å². The van der Waals surface area contributed by atoms with E-state index in [1.165, 1.54) is 0 Å². The maximum atomic E-state index is 5.74. The van der Waals surface area contributed by atoms with E-state index in [1.807, 2.05) is 26.1 Å². The van der Waals surface area contributed by atoms with E-state index in [4.69, 9.17) is 10.6 Å². The van der Waals surface area contributed by atoms with E-state index >= 15 is 0 Å². The number of benzene rings is 1. The molecule has 1 aromatic rings. The average Bonchev–Trinajstić information content (AvgIpc) is 2.10. The first-order valence-corrected chi connectivity index (χ1v) is 4.69. The molecule has 4 heteroatoms. The highest BCUT2D eigenvalue weighted by molar-refractivity contribution is 9.10. The molecule has 0 saturated heterocycles. The van der Waals surface area contributed by atoms with Gasteiger partial charge in [-0.15, -0.1) is 0 Å². The summed E-state index contributed by atoms with van der Waals surface area (Å²) in [6, 6.07) is 3.85. The van der Waals surface area contributed by atoms with Gasteiger partial charge >= 0.3 is 0 Å². The van der Waals surface area contributed by atoms with Crippen molar-refractivity contribution in [3.8, 4) is 0 Å². The second-order valence-electron chi connectivity index (χ2n) is 2.84. The molecule has 0 saturated carbocycles. The predicted molar refractivity (Wildman–Crippen MR) is 58.7 cm³/mol. The first-order chi connectivity index (χ1) is 6.06. The molecule has 0 aliphatic carbocycles. The summed E-state index contributed by atoms with van der Waals surface area (Å²) >= 11 is 3.42. The number of nitrogen functional groups attached to an aromatic ring is 1. The van der Waals surface area contributed by atoms with E-state index in [2.05, 4.69) is 15.9 Å². The summed E-state index contributed by atoms with van der Waals surface area (Å²) in [6.07, 6.45) is 0. The third-order valence-electron chi connectivity index (χ3n) is 1.95. The molecule has 72 valence electrons. The fraction of sp³-hybridized carbons (Fsp3) is 0.333. The first-order valence-electron chi connectivity index (χ1n) is 3.89. The molecule has 1 rings (SSSR count). The van der Waals surface area contributed by atoms with Crippen LogP contribution in [0.25, 0.3) is 0 Å². The third kappa shape index (κ3) is 2.14. The van der Waals surface area contributed by atoms with Crippen LogP contribution >= 0.6 is 15.9 Å². The molecule has 0 radical (unpaired) electrons. The standard InChI is InChI=1S/C9H13BrN2O/c1-6-4-9(12(2)13-3)7(10)5-8(6)11/h4-5H,11H2,1-3H3. The second-order valence-corrected chi connectivity index (χ2v) is 3.69. The van der Waals surface area contributed by atoms with Gasteiger partial charge in [0.05, 0.1) is 12.8 Å². The third-order valence-corrected chi connectivity index (χ3v) is 2.58. The first kappa shape index (κ1) is 10.3. The van der Waals surface area contributed by atoms with Crippen molar-refractivity contribution in [1.29, 1.82) is 0 Å². The number of nitrogens with two attached hydrogens (primary N) is 1. The number of nitrogens with zero attached hydrogens (tertiary/aromatic N) is 1. The maximum absolute atomic E-state index is 5.74. The van der Waals surface area contributed by atoms with E-state index in [9.17, 15) is 0 Å². The number of anilines is 2. The second kappa shape index (κ2) is 3.98. The molecule has 3 nitrogen and oxygen atoms in total. The number of hydrogen-bond acceptors (Lipinski definition) is 3. The normalized spacial score (nSPS) is 10.2. The molecular weight excluding hydrogens is 232 g/mol. The SMILES string of the molecule is CON(C)c1cc(C)c(N)cc1Br. The quantitative estimate of drug-likeness (QED) is 0.642. The summed E-state index contributed by atoms with van der Waals surface area (Å²) < 4.78 is 0.931. The van der Waals surface area contributed by atoms with Crippen molar-refractivity contribution < 1.29 is 4.84 Å². The Balaban J connectivity index is 3.15. The maximum Gasteiger partial charge on any atom is 0.0779 e. The lowest BCUT2D eigenvalue weighted by Crippen LogP contribution is -2.15. The van der Waals surface area contributed by atoms with Crippen LogP contribution < -0.4 is 10.8 Å². The van der Waals surface area contributed by atoms with Crippen molar-refractivity contribution >= 4 is 27.3 Å². The summed E-state index contributed by atoms with van der Waals surface area (Å²) in [5, 5.41) is 1.68. The van der Waals surface area contributed by atoms with Gasteiger partial charge in [-0.25, -0.2) is 0 Å². The summed E-state index contributed by atoms with van der Waals surface area (Å²) in [5.41, 5.74) is 8.53. The smallest absolute Gasteiger partial charge is 0.0779 e. The Bertz CT molecular complexity index is 315. The number of halogens is 1. The average molecular weight is 245 g/mol. The molecule has 2 N–H and O–H groups in total. The Morgan fingerprint density at radius 1 is 1.46 bits per heavy atom. The van der Waals surface area contributed by atoms with Crippen LogP contribution in [0.2, 0.25) is 0 Å². The van der Waals surface area contributed by atoms with Crippen molar-refractivity contribution in [2.75, 3.05) is 25.0 Å².